The number of allylic oxidation sites excluding steroid dienone is 1. The van der Waals surface area contributed by atoms with E-state index in [1.807, 2.05) is 13.0 Å². The SMILES string of the molecule is CCc1c(/C=C(/C)C#N)[nH]c(Cc2[nH]c(C(=O)O)c(C)c2CCCO)c1CC.[Ac]. The van der Waals surface area contributed by atoms with Crippen molar-refractivity contribution in [3.63, 3.8) is 0 Å². The first-order valence-electron chi connectivity index (χ1n) is 9.73. The first-order chi connectivity index (χ1) is 13.4. The van der Waals surface area contributed by atoms with Gasteiger partial charge in [0.05, 0.1) is 6.07 Å². The summed E-state index contributed by atoms with van der Waals surface area (Å²) in [6, 6.07) is 2.16. The molecule has 4 N–H and O–H groups in total. The maximum atomic E-state index is 11.6. The maximum absolute atomic E-state index is 11.6. The summed E-state index contributed by atoms with van der Waals surface area (Å²) in [5.74, 6) is -0.973. The van der Waals surface area contributed by atoms with E-state index >= 15 is 0 Å². The van der Waals surface area contributed by atoms with Crippen molar-refractivity contribution in [3.05, 3.63) is 50.6 Å². The number of aliphatic hydroxyl groups is 1. The number of hydrogen-bond donors (Lipinski definition) is 4. The molecule has 2 heterocycles. The zero-order chi connectivity index (χ0) is 20.8. The van der Waals surface area contributed by atoms with Crippen molar-refractivity contribution < 1.29 is 59.1 Å². The zero-order valence-corrected chi connectivity index (χ0v) is 22.4. The van der Waals surface area contributed by atoms with Gasteiger partial charge in [-0.15, -0.1) is 0 Å². The molecule has 0 aliphatic rings. The van der Waals surface area contributed by atoms with Crippen LogP contribution in [-0.4, -0.2) is 32.8 Å². The predicted octanol–water partition coefficient (Wildman–Crippen LogP) is 3.92. The first kappa shape index (κ1) is 25.7. The Balaban J connectivity index is 0.00000420. The van der Waals surface area contributed by atoms with Gasteiger partial charge in [0.15, 0.2) is 0 Å². The van der Waals surface area contributed by atoms with E-state index < -0.39 is 5.97 Å². The van der Waals surface area contributed by atoms with Gasteiger partial charge < -0.3 is 20.2 Å². The molecule has 1 radical (unpaired) electrons. The fourth-order valence-corrected chi connectivity index (χ4v) is 3.84. The Labute approximate surface area is 208 Å². The Morgan fingerprint density at radius 3 is 2.28 bits per heavy atom. The van der Waals surface area contributed by atoms with Crippen molar-refractivity contribution in [2.24, 2.45) is 0 Å². The number of rotatable bonds is 9. The van der Waals surface area contributed by atoms with E-state index in [2.05, 4.69) is 29.9 Å². The second kappa shape index (κ2) is 11.7. The number of nitrogens with one attached hydrogen (secondary N) is 2. The van der Waals surface area contributed by atoms with Crippen LogP contribution in [0.2, 0.25) is 0 Å². The number of hydrogen-bond acceptors (Lipinski definition) is 3. The molecule has 0 aliphatic heterocycles. The molecular formula is C22H29AcN3O3. The number of aromatic amines is 2. The molecule has 0 saturated heterocycles. The summed E-state index contributed by atoms with van der Waals surface area (Å²) in [4.78, 5) is 18.1. The quantitative estimate of drug-likeness (QED) is 0.323. The fraction of sp³-hybridized carbons (Fsp3) is 0.455. The van der Waals surface area contributed by atoms with Crippen LogP contribution in [0.1, 0.15) is 77.0 Å². The average molecular weight is 610 g/mol. The van der Waals surface area contributed by atoms with E-state index in [1.165, 1.54) is 11.1 Å². The van der Waals surface area contributed by atoms with E-state index in [1.54, 1.807) is 6.92 Å². The van der Waals surface area contributed by atoms with Gasteiger partial charge in [0.25, 0.3) is 0 Å². The molecule has 7 heteroatoms. The number of nitriles is 1. The Morgan fingerprint density at radius 2 is 1.76 bits per heavy atom. The number of nitrogens with zero attached hydrogens (tertiary/aromatic N) is 1. The molecule has 29 heavy (non-hydrogen) atoms. The summed E-state index contributed by atoms with van der Waals surface area (Å²) in [5.41, 5.74) is 7.83. The average Bonchev–Trinajstić information content (AvgIpc) is 3.16. The molecule has 0 bridgehead atoms. The molecule has 0 aliphatic carbocycles. The van der Waals surface area contributed by atoms with Crippen molar-refractivity contribution in [3.8, 4) is 6.07 Å². The fourth-order valence-electron chi connectivity index (χ4n) is 3.84. The van der Waals surface area contributed by atoms with E-state index in [0.29, 0.717) is 24.8 Å². The third-order valence-electron chi connectivity index (χ3n) is 5.20. The van der Waals surface area contributed by atoms with Crippen LogP contribution in [0.4, 0.5) is 0 Å². The molecule has 2 rings (SSSR count). The van der Waals surface area contributed by atoms with Gasteiger partial charge in [-0.1, -0.05) is 13.8 Å². The summed E-state index contributed by atoms with van der Waals surface area (Å²) in [6.07, 6.45) is 5.36. The van der Waals surface area contributed by atoms with Gasteiger partial charge >= 0.3 is 5.97 Å². The smallest absolute Gasteiger partial charge is 0.352 e. The van der Waals surface area contributed by atoms with Crippen LogP contribution in [-0.2, 0) is 25.7 Å². The largest absolute Gasteiger partial charge is 0.477 e. The maximum Gasteiger partial charge on any atom is 0.352 e. The van der Waals surface area contributed by atoms with Gasteiger partial charge in [-0.25, -0.2) is 4.79 Å². The van der Waals surface area contributed by atoms with Crippen molar-refractivity contribution >= 4 is 12.0 Å². The Bertz CT molecular complexity index is 932. The Morgan fingerprint density at radius 1 is 1.14 bits per heavy atom. The first-order valence-corrected chi connectivity index (χ1v) is 9.73. The van der Waals surface area contributed by atoms with Crippen LogP contribution in [0.5, 0.6) is 0 Å². The number of aliphatic hydroxyl groups excluding tert-OH is 1. The summed E-state index contributed by atoms with van der Waals surface area (Å²) in [5, 5.41) is 27.8. The van der Waals surface area contributed by atoms with Crippen LogP contribution in [0.15, 0.2) is 5.57 Å². The second-order valence-electron chi connectivity index (χ2n) is 7.01. The number of carboxylic acids is 1. The molecule has 153 valence electrons. The topological polar surface area (TPSA) is 113 Å². The van der Waals surface area contributed by atoms with Gasteiger partial charge in [-0.2, -0.15) is 5.26 Å². The van der Waals surface area contributed by atoms with Crippen LogP contribution in [0.25, 0.3) is 6.08 Å². The Hall–Kier alpha value is -1.34. The minimum Gasteiger partial charge on any atom is -0.477 e. The molecule has 0 atom stereocenters. The minimum atomic E-state index is -0.973. The van der Waals surface area contributed by atoms with Gasteiger partial charge in [0, 0.05) is 79.7 Å². The second-order valence-corrected chi connectivity index (χ2v) is 7.01. The number of H-pyrrole nitrogens is 2. The molecule has 6 nitrogen and oxygen atoms in total. The molecule has 0 fully saturated rings. The Kier molecular flexibility index (Phi) is 10.4. The summed E-state index contributed by atoms with van der Waals surface area (Å²) < 4.78 is 0. The number of carboxylic acid groups (broad SMARTS) is 1. The van der Waals surface area contributed by atoms with Gasteiger partial charge in [0.2, 0.25) is 0 Å². The third-order valence-corrected chi connectivity index (χ3v) is 5.20. The third kappa shape index (κ3) is 5.85. The number of aromatic carboxylic acids is 1. The molecule has 0 spiro atoms. The van der Waals surface area contributed by atoms with Gasteiger partial charge in [-0.3, -0.25) is 0 Å². The molecule has 2 aromatic heterocycles. The predicted molar refractivity (Wildman–Crippen MR) is 110 cm³/mol. The van der Waals surface area contributed by atoms with Crippen molar-refractivity contribution in [2.45, 2.75) is 59.8 Å². The van der Waals surface area contributed by atoms with Crippen molar-refractivity contribution in [1.29, 1.82) is 5.26 Å². The normalized spacial score (nSPS) is 11.2. The molecule has 0 saturated carbocycles. The molecule has 0 amide bonds. The minimum absolute atomic E-state index is 0. The summed E-state index contributed by atoms with van der Waals surface area (Å²) in [7, 11) is 0. The number of carbonyl (C=O) groups is 1. The molecule has 0 aromatic carbocycles. The van der Waals surface area contributed by atoms with Crippen LogP contribution < -0.4 is 0 Å². The zero-order valence-electron chi connectivity index (χ0n) is 17.6. The molecule has 2 aromatic rings. The standard InChI is InChI=1S/C22H29N3O3.Ac/c1-5-15-16(6-2)19(24-18(15)10-13(3)12-23)11-20-17(8-7-9-26)14(4)21(25-20)22(27)28;/h10,24-26H,5-9,11H2,1-4H3,(H,27,28);/b13-10-;. The van der Waals surface area contributed by atoms with Crippen LogP contribution in [0.3, 0.4) is 0 Å². The summed E-state index contributed by atoms with van der Waals surface area (Å²) in [6.45, 7) is 7.86. The van der Waals surface area contributed by atoms with Crippen molar-refractivity contribution in [2.75, 3.05) is 6.61 Å². The summed E-state index contributed by atoms with van der Waals surface area (Å²) >= 11 is 0. The van der Waals surface area contributed by atoms with Crippen LogP contribution >= 0.6 is 0 Å². The van der Waals surface area contributed by atoms with Gasteiger partial charge in [0.1, 0.15) is 5.69 Å². The van der Waals surface area contributed by atoms with E-state index in [-0.39, 0.29) is 56.4 Å². The number of aromatic nitrogens is 2. The molecular weight excluding hydrogens is 581 g/mol. The van der Waals surface area contributed by atoms with Crippen LogP contribution in [0, 0.1) is 62.3 Å². The van der Waals surface area contributed by atoms with E-state index in [9.17, 15) is 15.0 Å². The van der Waals surface area contributed by atoms with Gasteiger partial charge in [-0.05, 0) is 67.9 Å². The van der Waals surface area contributed by atoms with E-state index in [4.69, 9.17) is 5.26 Å². The van der Waals surface area contributed by atoms with E-state index in [0.717, 1.165) is 41.1 Å². The molecule has 0 unspecified atom stereocenters. The monoisotopic (exact) mass is 610 g/mol. The van der Waals surface area contributed by atoms with Crippen molar-refractivity contribution in [1.82, 2.24) is 9.97 Å².